The van der Waals surface area contributed by atoms with Crippen molar-refractivity contribution in [3.05, 3.63) is 63.9 Å². The topological polar surface area (TPSA) is 38.3 Å². The van der Waals surface area contributed by atoms with Crippen LogP contribution in [-0.2, 0) is 4.79 Å². The number of amides is 1. The molecule has 0 bridgehead atoms. The first kappa shape index (κ1) is 20.0. The Bertz CT molecular complexity index is 793. The smallest absolute Gasteiger partial charge is 0.261 e. The van der Waals surface area contributed by atoms with E-state index in [1.54, 1.807) is 30.3 Å². The average Bonchev–Trinajstić information content (AvgIpc) is 2.59. The van der Waals surface area contributed by atoms with Crippen molar-refractivity contribution in [1.29, 1.82) is 0 Å². The summed E-state index contributed by atoms with van der Waals surface area (Å²) in [5.41, 5.74) is 0.911. The molecule has 0 spiro atoms. The second kappa shape index (κ2) is 8.94. The van der Waals surface area contributed by atoms with Crippen molar-refractivity contribution < 1.29 is 13.9 Å². The molecule has 0 radical (unpaired) electrons. The number of carbonyl (C=O) groups is 1. The van der Waals surface area contributed by atoms with Gasteiger partial charge in [0.25, 0.3) is 5.91 Å². The summed E-state index contributed by atoms with van der Waals surface area (Å²) < 4.78 is 19.1. The quantitative estimate of drug-likeness (QED) is 0.613. The first-order chi connectivity index (χ1) is 13.0. The van der Waals surface area contributed by atoms with E-state index in [1.807, 2.05) is 6.92 Å². The normalized spacial score (nSPS) is 16.3. The summed E-state index contributed by atoms with van der Waals surface area (Å²) in [6, 6.07) is 11.1. The molecule has 2 aromatic carbocycles. The third-order valence-electron chi connectivity index (χ3n) is 4.97. The summed E-state index contributed by atoms with van der Waals surface area (Å²) in [4.78, 5) is 12.9. The van der Waals surface area contributed by atoms with E-state index < -0.39 is 6.10 Å². The number of nitrogens with one attached hydrogen (secondary N) is 1. The number of halogens is 3. The summed E-state index contributed by atoms with van der Waals surface area (Å²) in [5.74, 6) is 0.287. The molecule has 0 saturated heterocycles. The molecule has 1 N–H and O–H groups in total. The van der Waals surface area contributed by atoms with Crippen molar-refractivity contribution in [2.24, 2.45) is 5.92 Å². The number of rotatable bonds is 7. The Kier molecular flexibility index (Phi) is 6.61. The maximum atomic E-state index is 13.3. The maximum Gasteiger partial charge on any atom is 0.261 e. The molecule has 1 aliphatic rings. The van der Waals surface area contributed by atoms with Crippen molar-refractivity contribution in [2.45, 2.75) is 44.8 Å². The van der Waals surface area contributed by atoms with Gasteiger partial charge in [-0.05, 0) is 61.1 Å². The first-order valence-corrected chi connectivity index (χ1v) is 9.91. The van der Waals surface area contributed by atoms with Crippen LogP contribution in [0, 0.1) is 11.7 Å². The molecule has 3 nitrogen and oxygen atoms in total. The van der Waals surface area contributed by atoms with Gasteiger partial charge in [0.2, 0.25) is 0 Å². The van der Waals surface area contributed by atoms with Crippen LogP contribution in [0.2, 0.25) is 10.0 Å². The van der Waals surface area contributed by atoms with Crippen LogP contribution >= 0.6 is 23.2 Å². The fourth-order valence-electron chi connectivity index (χ4n) is 3.21. The van der Waals surface area contributed by atoms with Gasteiger partial charge >= 0.3 is 0 Å². The predicted molar refractivity (Wildman–Crippen MR) is 106 cm³/mol. The molecule has 0 aliphatic heterocycles. The van der Waals surface area contributed by atoms with Crippen LogP contribution in [0.5, 0.6) is 5.75 Å². The largest absolute Gasteiger partial charge is 0.479 e. The summed E-state index contributed by atoms with van der Waals surface area (Å²) >= 11 is 12.1. The van der Waals surface area contributed by atoms with E-state index in [-0.39, 0.29) is 17.8 Å². The molecule has 2 atom stereocenters. The maximum absolute atomic E-state index is 13.3. The zero-order chi connectivity index (χ0) is 19.4. The van der Waals surface area contributed by atoms with Crippen molar-refractivity contribution in [3.63, 3.8) is 0 Å². The minimum absolute atomic E-state index is 0.148. The minimum atomic E-state index is -0.674. The van der Waals surface area contributed by atoms with Crippen LogP contribution in [0.25, 0.3) is 0 Å². The summed E-state index contributed by atoms with van der Waals surface area (Å²) in [7, 11) is 0. The summed E-state index contributed by atoms with van der Waals surface area (Å²) in [6.45, 7) is 1.88. The first-order valence-electron chi connectivity index (χ1n) is 9.15. The van der Waals surface area contributed by atoms with Gasteiger partial charge in [-0.2, -0.15) is 0 Å². The van der Waals surface area contributed by atoms with Gasteiger partial charge in [0, 0.05) is 5.02 Å². The van der Waals surface area contributed by atoms with Gasteiger partial charge in [-0.1, -0.05) is 48.7 Å². The molecule has 3 rings (SSSR count). The van der Waals surface area contributed by atoms with E-state index in [1.165, 1.54) is 12.1 Å². The fourth-order valence-corrected chi connectivity index (χ4v) is 3.66. The molecule has 1 aliphatic carbocycles. The van der Waals surface area contributed by atoms with E-state index in [0.29, 0.717) is 28.1 Å². The molecule has 1 fully saturated rings. The lowest BCUT2D eigenvalue weighted by Crippen LogP contribution is -2.43. The van der Waals surface area contributed by atoms with Crippen molar-refractivity contribution in [3.8, 4) is 5.75 Å². The van der Waals surface area contributed by atoms with Gasteiger partial charge in [0.1, 0.15) is 11.6 Å². The Morgan fingerprint density at radius 1 is 1.22 bits per heavy atom. The number of carbonyl (C=O) groups excluding carboxylic acids is 1. The highest BCUT2D eigenvalue weighted by Gasteiger charge is 2.32. The lowest BCUT2D eigenvalue weighted by Gasteiger charge is -2.35. The van der Waals surface area contributed by atoms with Gasteiger partial charge < -0.3 is 10.1 Å². The van der Waals surface area contributed by atoms with E-state index in [2.05, 4.69) is 5.32 Å². The van der Waals surface area contributed by atoms with Gasteiger partial charge in [0.15, 0.2) is 6.10 Å². The molecule has 6 heteroatoms. The molecule has 0 heterocycles. The highest BCUT2D eigenvalue weighted by atomic mass is 35.5. The van der Waals surface area contributed by atoms with Gasteiger partial charge in [0.05, 0.1) is 11.1 Å². The predicted octanol–water partition coefficient (Wildman–Crippen LogP) is 5.95. The molecule has 0 aromatic heterocycles. The zero-order valence-corrected chi connectivity index (χ0v) is 16.6. The minimum Gasteiger partial charge on any atom is -0.479 e. The number of hydrogen-bond acceptors (Lipinski definition) is 2. The highest BCUT2D eigenvalue weighted by Crippen LogP contribution is 2.38. The number of hydrogen-bond donors (Lipinski definition) is 1. The van der Waals surface area contributed by atoms with Crippen LogP contribution in [0.15, 0.2) is 42.5 Å². The van der Waals surface area contributed by atoms with E-state index in [0.717, 1.165) is 24.8 Å². The van der Waals surface area contributed by atoms with Crippen LogP contribution in [0.4, 0.5) is 4.39 Å². The number of ether oxygens (including phenoxy) is 1. The van der Waals surface area contributed by atoms with E-state index >= 15 is 0 Å². The Balaban J connectivity index is 1.73. The van der Waals surface area contributed by atoms with Gasteiger partial charge in [-0.15, -0.1) is 0 Å². The summed E-state index contributed by atoms with van der Waals surface area (Å²) in [5, 5.41) is 3.97. The van der Waals surface area contributed by atoms with Crippen molar-refractivity contribution in [2.75, 3.05) is 0 Å². The molecule has 1 amide bonds. The Labute approximate surface area is 168 Å². The average molecular weight is 410 g/mol. The SMILES string of the molecule is CCC(Oc1ccc(Cl)cc1Cl)C(=O)NC(c1ccc(F)cc1)C1CCC1. The van der Waals surface area contributed by atoms with Gasteiger partial charge in [-0.3, -0.25) is 4.79 Å². The number of benzene rings is 2. The Morgan fingerprint density at radius 3 is 2.48 bits per heavy atom. The molecular formula is C21H22Cl2FNO2. The molecular weight excluding hydrogens is 388 g/mol. The lowest BCUT2D eigenvalue weighted by molar-refractivity contribution is -0.129. The standard InChI is InChI=1S/C21H22Cl2FNO2/c1-2-18(27-19-11-8-15(22)12-17(19)23)21(26)25-20(13-4-3-5-13)14-6-9-16(24)10-7-14/h6-13,18,20H,2-5H2,1H3,(H,25,26). The van der Waals surface area contributed by atoms with E-state index in [9.17, 15) is 9.18 Å². The molecule has 2 aromatic rings. The van der Waals surface area contributed by atoms with Crippen LogP contribution in [-0.4, -0.2) is 12.0 Å². The third-order valence-corrected chi connectivity index (χ3v) is 5.50. The summed E-state index contributed by atoms with van der Waals surface area (Å²) in [6.07, 6.45) is 3.05. The highest BCUT2D eigenvalue weighted by molar-refractivity contribution is 6.35. The molecule has 1 saturated carbocycles. The van der Waals surface area contributed by atoms with Gasteiger partial charge in [-0.25, -0.2) is 4.39 Å². The van der Waals surface area contributed by atoms with Crippen molar-refractivity contribution >= 4 is 29.1 Å². The fraction of sp³-hybridized carbons (Fsp3) is 0.381. The molecule has 144 valence electrons. The monoisotopic (exact) mass is 409 g/mol. The van der Waals surface area contributed by atoms with Crippen LogP contribution < -0.4 is 10.1 Å². The second-order valence-corrected chi connectivity index (χ2v) is 7.66. The Morgan fingerprint density at radius 2 is 1.93 bits per heavy atom. The zero-order valence-electron chi connectivity index (χ0n) is 15.1. The van der Waals surface area contributed by atoms with Crippen LogP contribution in [0.3, 0.4) is 0 Å². The van der Waals surface area contributed by atoms with E-state index in [4.69, 9.17) is 27.9 Å². The molecule has 2 unspecified atom stereocenters. The third kappa shape index (κ3) is 4.94. The molecule has 27 heavy (non-hydrogen) atoms. The van der Waals surface area contributed by atoms with Crippen molar-refractivity contribution in [1.82, 2.24) is 5.32 Å². The second-order valence-electron chi connectivity index (χ2n) is 6.82. The lowest BCUT2D eigenvalue weighted by atomic mass is 9.77. The van der Waals surface area contributed by atoms with Crippen LogP contribution in [0.1, 0.15) is 44.2 Å². The Hall–Kier alpha value is -1.78.